The van der Waals surface area contributed by atoms with Gasteiger partial charge in [-0.1, -0.05) is 25.1 Å². The molecule has 5 rings (SSSR count). The van der Waals surface area contributed by atoms with Crippen molar-refractivity contribution >= 4 is 11.8 Å². The summed E-state index contributed by atoms with van der Waals surface area (Å²) in [6.07, 6.45) is 4.20. The number of nitrogens with zero attached hydrogens (tertiary/aromatic N) is 2. The number of carbonyl (C=O) groups excluding carboxylic acids is 2. The summed E-state index contributed by atoms with van der Waals surface area (Å²) >= 11 is 0. The summed E-state index contributed by atoms with van der Waals surface area (Å²) in [6.45, 7) is 4.38. The van der Waals surface area contributed by atoms with E-state index >= 15 is 0 Å². The summed E-state index contributed by atoms with van der Waals surface area (Å²) < 4.78 is 0. The Labute approximate surface area is 137 Å². The Hall–Kier alpha value is -1.84. The average Bonchev–Trinajstić information content (AvgIpc) is 3.38. The summed E-state index contributed by atoms with van der Waals surface area (Å²) in [5.74, 6) is 0.850. The Balaban J connectivity index is 1.53. The third-order valence-electron chi connectivity index (χ3n) is 5.80. The zero-order valence-corrected chi connectivity index (χ0v) is 13.7. The van der Waals surface area contributed by atoms with Crippen molar-refractivity contribution in [3.63, 3.8) is 0 Å². The van der Waals surface area contributed by atoms with Gasteiger partial charge in [0.1, 0.15) is 0 Å². The lowest BCUT2D eigenvalue weighted by Gasteiger charge is -2.37. The van der Waals surface area contributed by atoms with Gasteiger partial charge in [-0.2, -0.15) is 0 Å². The fraction of sp³-hybridized carbons (Fsp3) is 0.579. The van der Waals surface area contributed by atoms with Crippen molar-refractivity contribution < 1.29 is 9.59 Å². The van der Waals surface area contributed by atoms with Gasteiger partial charge in [0.2, 0.25) is 5.91 Å². The Bertz CT molecular complexity index is 624. The molecule has 3 heterocycles. The summed E-state index contributed by atoms with van der Waals surface area (Å²) in [4.78, 5) is 29.6. The van der Waals surface area contributed by atoms with Crippen LogP contribution in [-0.4, -0.2) is 47.3 Å². The molecule has 0 spiro atoms. The van der Waals surface area contributed by atoms with Gasteiger partial charge >= 0.3 is 0 Å². The standard InChI is InChI=1S/C19H24N2O2/c1-19(9-10-19)18(23)21-12-14-7-8-16(21)13-20(11-14)17(22)15-5-3-2-4-6-15/h2-6,14,16H,7-13H2,1H3/t14-,16+/m0/s1. The molecule has 1 aromatic carbocycles. The highest BCUT2D eigenvalue weighted by molar-refractivity contribution is 5.94. The first-order chi connectivity index (χ1) is 11.1. The predicted octanol–water partition coefficient (Wildman–Crippen LogP) is 2.55. The van der Waals surface area contributed by atoms with Gasteiger partial charge in [-0.05, 0) is 43.7 Å². The van der Waals surface area contributed by atoms with E-state index in [1.165, 1.54) is 0 Å². The van der Waals surface area contributed by atoms with Crippen LogP contribution in [0.25, 0.3) is 0 Å². The lowest BCUT2D eigenvalue weighted by Crippen LogP contribution is -2.50. The summed E-state index contributed by atoms with van der Waals surface area (Å²) in [7, 11) is 0. The first-order valence-electron chi connectivity index (χ1n) is 8.72. The number of rotatable bonds is 2. The van der Waals surface area contributed by atoms with E-state index in [0.717, 1.165) is 44.3 Å². The average molecular weight is 312 g/mol. The Morgan fingerprint density at radius 1 is 1.04 bits per heavy atom. The molecule has 2 amide bonds. The minimum absolute atomic E-state index is 0.106. The van der Waals surface area contributed by atoms with E-state index < -0.39 is 0 Å². The third-order valence-corrected chi connectivity index (χ3v) is 5.80. The molecule has 0 aromatic heterocycles. The molecule has 23 heavy (non-hydrogen) atoms. The fourth-order valence-corrected chi connectivity index (χ4v) is 4.01. The monoisotopic (exact) mass is 312 g/mol. The van der Waals surface area contributed by atoms with Crippen molar-refractivity contribution in [2.75, 3.05) is 19.6 Å². The second-order valence-electron chi connectivity index (χ2n) is 7.69. The van der Waals surface area contributed by atoms with Crippen LogP contribution in [0.2, 0.25) is 0 Å². The highest BCUT2D eigenvalue weighted by Crippen LogP contribution is 2.48. The first-order valence-corrected chi connectivity index (χ1v) is 8.72. The van der Waals surface area contributed by atoms with Crippen LogP contribution in [0.1, 0.15) is 43.0 Å². The third kappa shape index (κ3) is 2.64. The van der Waals surface area contributed by atoms with Gasteiger partial charge in [0.15, 0.2) is 0 Å². The quantitative estimate of drug-likeness (QED) is 0.842. The van der Waals surface area contributed by atoms with Crippen LogP contribution in [0.5, 0.6) is 0 Å². The molecule has 0 unspecified atom stereocenters. The van der Waals surface area contributed by atoms with E-state index in [0.29, 0.717) is 18.4 Å². The van der Waals surface area contributed by atoms with Crippen molar-refractivity contribution in [2.45, 2.75) is 38.6 Å². The predicted molar refractivity (Wildman–Crippen MR) is 87.9 cm³/mol. The Kier molecular flexibility index (Phi) is 3.43. The van der Waals surface area contributed by atoms with Crippen molar-refractivity contribution in [1.29, 1.82) is 0 Å². The molecule has 4 nitrogen and oxygen atoms in total. The smallest absolute Gasteiger partial charge is 0.253 e. The van der Waals surface area contributed by atoms with Crippen molar-refractivity contribution in [3.05, 3.63) is 35.9 Å². The molecule has 1 saturated carbocycles. The number of hydrogen-bond donors (Lipinski definition) is 0. The van der Waals surface area contributed by atoms with E-state index in [1.807, 2.05) is 35.2 Å². The van der Waals surface area contributed by atoms with Crippen molar-refractivity contribution in [1.82, 2.24) is 9.80 Å². The number of benzene rings is 1. The molecule has 2 bridgehead atoms. The van der Waals surface area contributed by atoms with Crippen molar-refractivity contribution in [3.8, 4) is 0 Å². The van der Waals surface area contributed by atoms with Crippen molar-refractivity contribution in [2.24, 2.45) is 11.3 Å². The maximum absolute atomic E-state index is 12.8. The molecule has 122 valence electrons. The molecule has 3 aliphatic heterocycles. The second-order valence-corrected chi connectivity index (χ2v) is 7.69. The number of hydrogen-bond acceptors (Lipinski definition) is 2. The normalized spacial score (nSPS) is 28.4. The van der Waals surface area contributed by atoms with Gasteiger partial charge < -0.3 is 9.80 Å². The van der Waals surface area contributed by atoms with E-state index in [-0.39, 0.29) is 17.4 Å². The van der Waals surface area contributed by atoms with Gasteiger partial charge in [-0.15, -0.1) is 0 Å². The zero-order chi connectivity index (χ0) is 16.0. The summed E-state index contributed by atoms with van der Waals surface area (Å²) in [5.41, 5.74) is 0.638. The molecule has 4 fully saturated rings. The van der Waals surface area contributed by atoms with Crippen LogP contribution in [0.4, 0.5) is 0 Å². The molecular formula is C19H24N2O2. The highest BCUT2D eigenvalue weighted by atomic mass is 16.2. The van der Waals surface area contributed by atoms with Crippen LogP contribution in [0.15, 0.2) is 30.3 Å². The Morgan fingerprint density at radius 3 is 2.48 bits per heavy atom. The van der Waals surface area contributed by atoms with Gasteiger partial charge in [-0.25, -0.2) is 0 Å². The molecule has 1 aromatic rings. The number of carbonyl (C=O) groups is 2. The molecule has 3 saturated heterocycles. The largest absolute Gasteiger partial charge is 0.337 e. The minimum Gasteiger partial charge on any atom is -0.337 e. The van der Waals surface area contributed by atoms with Gasteiger partial charge in [-0.3, -0.25) is 9.59 Å². The lowest BCUT2D eigenvalue weighted by atomic mass is 9.93. The van der Waals surface area contributed by atoms with Crippen LogP contribution in [-0.2, 0) is 4.79 Å². The number of piperidine rings is 1. The van der Waals surface area contributed by atoms with E-state index in [1.54, 1.807) is 0 Å². The van der Waals surface area contributed by atoms with Gasteiger partial charge in [0.25, 0.3) is 5.91 Å². The number of amides is 2. The molecule has 4 aliphatic rings. The first kappa shape index (κ1) is 14.7. The maximum atomic E-state index is 12.8. The molecule has 1 aliphatic carbocycles. The summed E-state index contributed by atoms with van der Waals surface area (Å²) in [6, 6.07) is 9.70. The van der Waals surface area contributed by atoms with Crippen LogP contribution in [0, 0.1) is 11.3 Å². The van der Waals surface area contributed by atoms with E-state index in [2.05, 4.69) is 11.8 Å². The molecule has 0 radical (unpaired) electrons. The van der Waals surface area contributed by atoms with E-state index in [4.69, 9.17) is 0 Å². The van der Waals surface area contributed by atoms with Gasteiger partial charge in [0.05, 0.1) is 0 Å². The highest BCUT2D eigenvalue weighted by Gasteiger charge is 2.50. The fourth-order valence-electron chi connectivity index (χ4n) is 4.01. The van der Waals surface area contributed by atoms with Crippen LogP contribution < -0.4 is 0 Å². The van der Waals surface area contributed by atoms with Crippen LogP contribution in [0.3, 0.4) is 0 Å². The topological polar surface area (TPSA) is 40.6 Å². The molecule has 4 heteroatoms. The second kappa shape index (κ2) is 5.36. The minimum atomic E-state index is -0.112. The molecule has 2 atom stereocenters. The van der Waals surface area contributed by atoms with E-state index in [9.17, 15) is 9.59 Å². The Morgan fingerprint density at radius 2 is 1.78 bits per heavy atom. The lowest BCUT2D eigenvalue weighted by molar-refractivity contribution is -0.140. The summed E-state index contributed by atoms with van der Waals surface area (Å²) in [5, 5.41) is 0. The van der Waals surface area contributed by atoms with Gasteiger partial charge in [0, 0.05) is 36.7 Å². The zero-order valence-electron chi connectivity index (χ0n) is 13.7. The SMILES string of the molecule is CC1(C(=O)N2C[C@H]3CC[C@@H]2CN(C(=O)c2ccccc2)C3)CC1. The number of fused-ring (bicyclic) bond motifs is 4. The maximum Gasteiger partial charge on any atom is 0.253 e. The molecular weight excluding hydrogens is 288 g/mol. The van der Waals surface area contributed by atoms with Crippen LogP contribution >= 0.6 is 0 Å². The molecule has 0 N–H and O–H groups in total.